The van der Waals surface area contributed by atoms with Crippen molar-refractivity contribution >= 4 is 18.3 Å². The van der Waals surface area contributed by atoms with Crippen LogP contribution < -0.4 is 9.05 Å². The minimum absolute atomic E-state index is 0.551. The van der Waals surface area contributed by atoms with Gasteiger partial charge in [-0.2, -0.15) is 0 Å². The van der Waals surface area contributed by atoms with Gasteiger partial charge < -0.3 is 0 Å². The minimum atomic E-state index is -2.53. The number of aryl methyl sites for hydroxylation is 2. The van der Waals surface area contributed by atoms with Gasteiger partial charge in [-0.3, -0.25) is 9.05 Å². The van der Waals surface area contributed by atoms with Gasteiger partial charge in [0.2, 0.25) is 0 Å². The van der Waals surface area contributed by atoms with Gasteiger partial charge in [0.05, 0.1) is 0 Å². The molecular weight excluding hydrogens is 327 g/mol. The van der Waals surface area contributed by atoms with Gasteiger partial charge in [0.15, 0.2) is 22.7 Å². The van der Waals surface area contributed by atoms with Gasteiger partial charge in [-0.05, 0) is 61.6 Å². The first-order chi connectivity index (χ1) is 10.9. The lowest BCUT2D eigenvalue weighted by atomic mass is 10.2. The van der Waals surface area contributed by atoms with Crippen LogP contribution in [-0.2, 0) is 0 Å². The summed E-state index contributed by atoms with van der Waals surface area (Å²) in [6, 6.07) is 15.9. The Labute approximate surface area is 145 Å². The highest BCUT2D eigenvalue weighted by Crippen LogP contribution is 2.65. The Hall–Kier alpha value is -1.24. The first kappa shape index (κ1) is 18.1. The summed E-state index contributed by atoms with van der Waals surface area (Å²) >= 11 is 6.82. The van der Waals surface area contributed by atoms with Crippen molar-refractivity contribution in [1.82, 2.24) is 0 Å². The molecule has 0 saturated heterocycles. The van der Waals surface area contributed by atoms with Gasteiger partial charge in [-0.15, -0.1) is 0 Å². The van der Waals surface area contributed by atoms with Crippen molar-refractivity contribution in [1.29, 1.82) is 0 Å². The zero-order chi connectivity index (χ0) is 16.9. The van der Waals surface area contributed by atoms with Gasteiger partial charge in [0.25, 0.3) is 0 Å². The van der Waals surface area contributed by atoms with Crippen LogP contribution in [-0.4, -0.2) is 6.16 Å². The van der Waals surface area contributed by atoms with Crippen molar-refractivity contribution in [2.24, 2.45) is 5.92 Å². The molecule has 0 aliphatic heterocycles. The van der Waals surface area contributed by atoms with Crippen LogP contribution in [0.3, 0.4) is 0 Å². The minimum Gasteiger partial charge on any atom is -0.291 e. The summed E-state index contributed by atoms with van der Waals surface area (Å²) < 4.78 is 12.3. The highest BCUT2D eigenvalue weighted by Gasteiger charge is 2.44. The summed E-state index contributed by atoms with van der Waals surface area (Å²) in [6.45, 7) is 8.44. The molecule has 4 heteroatoms. The number of benzene rings is 2. The lowest BCUT2D eigenvalue weighted by molar-refractivity contribution is 0.470. The van der Waals surface area contributed by atoms with E-state index in [0.29, 0.717) is 12.1 Å². The molecule has 124 valence electrons. The fraction of sp³-hybridized carbons (Fsp3) is 0.368. The van der Waals surface area contributed by atoms with Gasteiger partial charge in [-0.1, -0.05) is 38.1 Å². The highest BCUT2D eigenvalue weighted by atomic mass is 35.7. The van der Waals surface area contributed by atoms with E-state index in [1.165, 1.54) is 0 Å². The highest BCUT2D eigenvalue weighted by molar-refractivity contribution is 7.92. The van der Waals surface area contributed by atoms with Crippen LogP contribution in [0.25, 0.3) is 0 Å². The normalized spacial score (nSPS) is 11.6. The molecule has 0 unspecified atom stereocenters. The molecule has 0 aromatic heterocycles. The van der Waals surface area contributed by atoms with Crippen LogP contribution in [0.1, 0.15) is 31.4 Å². The second-order valence-corrected chi connectivity index (χ2v) is 9.85. The molecule has 0 bridgehead atoms. The molecule has 0 aliphatic rings. The lowest BCUT2D eigenvalue weighted by Crippen LogP contribution is -2.09. The monoisotopic (exact) mass is 351 g/mol. The van der Waals surface area contributed by atoms with Gasteiger partial charge in [0, 0.05) is 0 Å². The second-order valence-electron chi connectivity index (χ2n) is 6.31. The topological polar surface area (TPSA) is 18.5 Å². The predicted molar refractivity (Wildman–Crippen MR) is 101 cm³/mol. The molecule has 0 atom stereocenters. The quantitative estimate of drug-likeness (QED) is 0.510. The van der Waals surface area contributed by atoms with Crippen molar-refractivity contribution in [2.45, 2.75) is 34.1 Å². The third kappa shape index (κ3) is 6.05. The van der Waals surface area contributed by atoms with Crippen molar-refractivity contribution in [3.05, 3.63) is 59.7 Å². The van der Waals surface area contributed by atoms with Crippen LogP contribution in [0, 0.1) is 19.8 Å². The fourth-order valence-corrected chi connectivity index (χ4v) is 4.85. The maximum Gasteiger partial charge on any atom is 0.459 e. The fourth-order valence-electron chi connectivity index (χ4n) is 2.18. The third-order valence-electron chi connectivity index (χ3n) is 3.44. The number of rotatable bonds is 7. The second kappa shape index (κ2) is 8.04. The summed E-state index contributed by atoms with van der Waals surface area (Å²) in [5, 5.41) is 0. The molecule has 23 heavy (non-hydrogen) atoms. The summed E-state index contributed by atoms with van der Waals surface area (Å²) in [5.41, 5.74) is 2.29. The molecule has 2 nitrogen and oxygen atoms in total. The van der Waals surface area contributed by atoms with E-state index in [1.807, 2.05) is 62.4 Å². The van der Waals surface area contributed by atoms with E-state index in [4.69, 9.17) is 20.3 Å². The van der Waals surface area contributed by atoms with E-state index in [1.54, 1.807) is 0 Å². The first-order valence-electron chi connectivity index (χ1n) is 7.96. The molecule has 0 spiro atoms. The van der Waals surface area contributed by atoms with Crippen LogP contribution in [0.2, 0.25) is 0 Å². The largest absolute Gasteiger partial charge is 0.459 e. The molecule has 0 radical (unpaired) electrons. The molecule has 0 aliphatic carbocycles. The molecule has 0 N–H and O–H groups in total. The van der Waals surface area contributed by atoms with Crippen LogP contribution in [0.5, 0.6) is 11.5 Å². The number of halogens is 1. The average molecular weight is 352 g/mol. The molecular formula is C19H25ClO2P+. The Balaban J connectivity index is 2.20. The molecule has 0 saturated carbocycles. The molecule has 2 aromatic carbocycles. The maximum atomic E-state index is 6.82. The standard InChI is InChI=1S/C19H25ClO2P/c1-15(2)11-12-23(20,21-18-9-5-7-16(3)13-18)22-19-10-6-8-17(4)14-19/h5-10,13-15H,11-12H2,1-4H3/q+1. The van der Waals surface area contributed by atoms with E-state index in [9.17, 15) is 0 Å². The molecule has 0 fully saturated rings. The van der Waals surface area contributed by atoms with Crippen LogP contribution in [0.4, 0.5) is 0 Å². The van der Waals surface area contributed by atoms with Crippen molar-refractivity contribution in [3.8, 4) is 11.5 Å². The molecule has 0 amide bonds. The Morgan fingerprint density at radius 1 is 0.913 bits per heavy atom. The van der Waals surface area contributed by atoms with E-state index in [2.05, 4.69) is 13.8 Å². The Bertz CT molecular complexity index is 595. The smallest absolute Gasteiger partial charge is 0.291 e. The number of hydrogen-bond donors (Lipinski definition) is 0. The van der Waals surface area contributed by atoms with Gasteiger partial charge >= 0.3 is 7.07 Å². The van der Waals surface area contributed by atoms with Gasteiger partial charge in [-0.25, -0.2) is 0 Å². The average Bonchev–Trinajstić information content (AvgIpc) is 2.45. The summed E-state index contributed by atoms with van der Waals surface area (Å²) in [4.78, 5) is 0. The van der Waals surface area contributed by atoms with E-state index in [0.717, 1.165) is 29.0 Å². The third-order valence-corrected chi connectivity index (χ3v) is 6.12. The molecule has 2 aromatic rings. The molecule has 0 heterocycles. The van der Waals surface area contributed by atoms with Gasteiger partial charge in [0.1, 0.15) is 6.16 Å². The zero-order valence-corrected chi connectivity index (χ0v) is 15.9. The van der Waals surface area contributed by atoms with Crippen LogP contribution >= 0.6 is 18.3 Å². The molecule has 2 rings (SSSR count). The Kier molecular flexibility index (Phi) is 6.33. The van der Waals surface area contributed by atoms with E-state index >= 15 is 0 Å². The number of hydrogen-bond acceptors (Lipinski definition) is 2. The summed E-state index contributed by atoms with van der Waals surface area (Å²) in [6.07, 6.45) is 1.68. The maximum absolute atomic E-state index is 6.82. The SMILES string of the molecule is Cc1cccc(O[P+](Cl)(CCC(C)C)Oc2cccc(C)c2)c1. The van der Waals surface area contributed by atoms with Crippen molar-refractivity contribution in [3.63, 3.8) is 0 Å². The summed E-state index contributed by atoms with van der Waals surface area (Å²) in [7, 11) is -2.53. The van der Waals surface area contributed by atoms with Crippen molar-refractivity contribution < 1.29 is 9.05 Å². The first-order valence-corrected chi connectivity index (χ1v) is 10.7. The van der Waals surface area contributed by atoms with E-state index in [-0.39, 0.29) is 0 Å². The van der Waals surface area contributed by atoms with E-state index < -0.39 is 7.07 Å². The Morgan fingerprint density at radius 2 is 1.39 bits per heavy atom. The van der Waals surface area contributed by atoms with Crippen molar-refractivity contribution in [2.75, 3.05) is 6.16 Å². The predicted octanol–water partition coefficient (Wildman–Crippen LogP) is 6.81. The zero-order valence-electron chi connectivity index (χ0n) is 14.3. The van der Waals surface area contributed by atoms with Crippen LogP contribution in [0.15, 0.2) is 48.5 Å². The lowest BCUT2D eigenvalue weighted by Gasteiger charge is -2.19. The summed E-state index contributed by atoms with van der Waals surface area (Å²) in [5.74, 6) is 2.09. The Morgan fingerprint density at radius 3 is 1.78 bits per heavy atom.